The van der Waals surface area contributed by atoms with Gasteiger partial charge in [-0.2, -0.15) is 0 Å². The maximum Gasteiger partial charge on any atom is 0.251 e. The fourth-order valence-corrected chi connectivity index (χ4v) is 3.31. The molecule has 0 aliphatic heterocycles. The molecule has 0 aliphatic rings. The van der Waals surface area contributed by atoms with Crippen molar-refractivity contribution in [2.24, 2.45) is 5.14 Å². The summed E-state index contributed by atoms with van der Waals surface area (Å²) in [5.41, 5.74) is 2.30. The highest BCUT2D eigenvalue weighted by Gasteiger charge is 2.10. The summed E-state index contributed by atoms with van der Waals surface area (Å²) in [6, 6.07) is 13.6. The van der Waals surface area contributed by atoms with Crippen LogP contribution < -0.4 is 10.5 Å². The fourth-order valence-electron chi connectivity index (χ4n) is 2.79. The van der Waals surface area contributed by atoms with Gasteiger partial charge in [0.15, 0.2) is 0 Å². The molecular formula is C19H21N3O4S. The lowest BCUT2D eigenvalue weighted by Crippen LogP contribution is -2.23. The standard InChI is InChI=1S/C19H21N3O4S/c1-26-11-10-22-9-8-15-4-5-16(12-18(15)22)19(23)21-13-14-2-6-17(7-3-14)27(20,24)25/h2-9,12H,10-11,13H2,1H3,(H,21,23)(H2,20,24,25). The van der Waals surface area contributed by atoms with Crippen LogP contribution in [0, 0.1) is 0 Å². The first kappa shape index (κ1) is 19.1. The largest absolute Gasteiger partial charge is 0.383 e. The van der Waals surface area contributed by atoms with Crippen LogP contribution in [0.5, 0.6) is 0 Å². The number of carbonyl (C=O) groups is 1. The smallest absolute Gasteiger partial charge is 0.251 e. The van der Waals surface area contributed by atoms with Gasteiger partial charge in [-0.1, -0.05) is 18.2 Å². The van der Waals surface area contributed by atoms with E-state index in [2.05, 4.69) is 5.32 Å². The Morgan fingerprint density at radius 2 is 1.89 bits per heavy atom. The van der Waals surface area contributed by atoms with E-state index in [1.807, 2.05) is 29.0 Å². The van der Waals surface area contributed by atoms with Crippen molar-refractivity contribution in [3.05, 3.63) is 65.9 Å². The molecule has 0 saturated carbocycles. The highest BCUT2D eigenvalue weighted by Crippen LogP contribution is 2.18. The Kier molecular flexibility index (Phi) is 5.59. The van der Waals surface area contributed by atoms with Gasteiger partial charge in [0.25, 0.3) is 5.91 Å². The molecule has 3 aromatic rings. The van der Waals surface area contributed by atoms with Crippen LogP contribution in [-0.2, 0) is 27.8 Å². The third kappa shape index (κ3) is 4.54. The molecule has 3 N–H and O–H groups in total. The average molecular weight is 387 g/mol. The zero-order valence-electron chi connectivity index (χ0n) is 14.9. The predicted molar refractivity (Wildman–Crippen MR) is 103 cm³/mol. The van der Waals surface area contributed by atoms with Gasteiger partial charge in [-0.3, -0.25) is 4.79 Å². The Bertz CT molecular complexity index is 1060. The van der Waals surface area contributed by atoms with Crippen LogP contribution in [0.15, 0.2) is 59.6 Å². The van der Waals surface area contributed by atoms with Crippen LogP contribution in [-0.4, -0.2) is 32.6 Å². The minimum Gasteiger partial charge on any atom is -0.383 e. The number of nitrogens with zero attached hydrogens (tertiary/aromatic N) is 1. The molecule has 0 radical (unpaired) electrons. The topological polar surface area (TPSA) is 103 Å². The van der Waals surface area contributed by atoms with E-state index >= 15 is 0 Å². The Labute approximate surface area is 157 Å². The van der Waals surface area contributed by atoms with Gasteiger partial charge >= 0.3 is 0 Å². The van der Waals surface area contributed by atoms with Gasteiger partial charge in [0.2, 0.25) is 10.0 Å². The van der Waals surface area contributed by atoms with Crippen molar-refractivity contribution in [2.75, 3.05) is 13.7 Å². The number of hydrogen-bond acceptors (Lipinski definition) is 4. The molecule has 1 heterocycles. The van der Waals surface area contributed by atoms with Crippen LogP contribution in [0.2, 0.25) is 0 Å². The summed E-state index contributed by atoms with van der Waals surface area (Å²) in [6.45, 7) is 1.59. The minimum atomic E-state index is -3.72. The molecule has 7 nitrogen and oxygen atoms in total. The zero-order valence-corrected chi connectivity index (χ0v) is 15.7. The highest BCUT2D eigenvalue weighted by molar-refractivity contribution is 7.89. The first-order chi connectivity index (χ1) is 12.9. The monoisotopic (exact) mass is 387 g/mol. The summed E-state index contributed by atoms with van der Waals surface area (Å²) in [5, 5.41) is 8.97. The number of hydrogen-bond donors (Lipinski definition) is 2. The fraction of sp³-hybridized carbons (Fsp3) is 0.211. The molecule has 8 heteroatoms. The van der Waals surface area contributed by atoms with Crippen molar-refractivity contribution in [1.82, 2.24) is 9.88 Å². The maximum atomic E-state index is 12.5. The number of nitrogens with two attached hydrogens (primary N) is 1. The number of methoxy groups -OCH3 is 1. The molecule has 0 saturated heterocycles. The molecule has 3 rings (SSSR count). The van der Waals surface area contributed by atoms with Gasteiger partial charge in [-0.25, -0.2) is 13.6 Å². The van der Waals surface area contributed by atoms with E-state index in [0.29, 0.717) is 18.7 Å². The SMILES string of the molecule is COCCn1ccc2ccc(C(=O)NCc3ccc(S(N)(=O)=O)cc3)cc21. The number of rotatable bonds is 7. The molecule has 0 atom stereocenters. The Morgan fingerprint density at radius 3 is 2.56 bits per heavy atom. The van der Waals surface area contributed by atoms with Crippen molar-refractivity contribution in [3.63, 3.8) is 0 Å². The Balaban J connectivity index is 1.70. The molecule has 0 aliphatic carbocycles. The van der Waals surface area contributed by atoms with E-state index < -0.39 is 10.0 Å². The molecule has 2 aromatic carbocycles. The molecule has 0 spiro atoms. The summed E-state index contributed by atoms with van der Waals surface area (Å²) >= 11 is 0. The molecule has 0 bridgehead atoms. The lowest BCUT2D eigenvalue weighted by molar-refractivity contribution is 0.0951. The average Bonchev–Trinajstić information content (AvgIpc) is 3.06. The number of ether oxygens (including phenoxy) is 1. The van der Waals surface area contributed by atoms with Crippen molar-refractivity contribution < 1.29 is 17.9 Å². The third-order valence-corrected chi connectivity index (χ3v) is 5.21. The molecule has 0 fully saturated rings. The lowest BCUT2D eigenvalue weighted by atomic mass is 10.1. The van der Waals surface area contributed by atoms with Gasteiger partial charge in [0.1, 0.15) is 0 Å². The number of nitrogens with one attached hydrogen (secondary N) is 1. The van der Waals surface area contributed by atoms with Crippen molar-refractivity contribution in [3.8, 4) is 0 Å². The number of sulfonamides is 1. The molecule has 0 unspecified atom stereocenters. The lowest BCUT2D eigenvalue weighted by Gasteiger charge is -2.08. The Morgan fingerprint density at radius 1 is 1.15 bits per heavy atom. The number of primary sulfonamides is 1. The number of benzene rings is 2. The highest BCUT2D eigenvalue weighted by atomic mass is 32.2. The second-order valence-corrected chi connectivity index (χ2v) is 7.71. The second-order valence-electron chi connectivity index (χ2n) is 6.15. The van der Waals surface area contributed by atoms with Crippen molar-refractivity contribution in [2.45, 2.75) is 18.0 Å². The van der Waals surface area contributed by atoms with E-state index in [0.717, 1.165) is 16.5 Å². The number of fused-ring (bicyclic) bond motifs is 1. The van der Waals surface area contributed by atoms with Crippen LogP contribution in [0.25, 0.3) is 10.9 Å². The van der Waals surface area contributed by atoms with Crippen LogP contribution >= 0.6 is 0 Å². The first-order valence-electron chi connectivity index (χ1n) is 8.36. The quantitative estimate of drug-likeness (QED) is 0.646. The van der Waals surface area contributed by atoms with Gasteiger partial charge in [-0.05, 0) is 41.3 Å². The maximum absolute atomic E-state index is 12.5. The molecule has 27 heavy (non-hydrogen) atoms. The summed E-state index contributed by atoms with van der Waals surface area (Å²) in [7, 11) is -2.07. The summed E-state index contributed by atoms with van der Waals surface area (Å²) in [5.74, 6) is -0.202. The van der Waals surface area contributed by atoms with Crippen molar-refractivity contribution >= 4 is 26.8 Å². The number of aromatic nitrogens is 1. The number of carbonyl (C=O) groups excluding carboxylic acids is 1. The third-order valence-electron chi connectivity index (χ3n) is 4.28. The molecule has 1 amide bonds. The second kappa shape index (κ2) is 7.91. The van der Waals surface area contributed by atoms with E-state index in [4.69, 9.17) is 9.88 Å². The summed E-state index contributed by atoms with van der Waals surface area (Å²) < 4.78 is 29.7. The van der Waals surface area contributed by atoms with Crippen LogP contribution in [0.4, 0.5) is 0 Å². The first-order valence-corrected chi connectivity index (χ1v) is 9.91. The summed E-state index contributed by atoms with van der Waals surface area (Å²) in [6.07, 6.45) is 1.97. The van der Waals surface area contributed by atoms with Gasteiger partial charge in [0.05, 0.1) is 11.5 Å². The molecular weight excluding hydrogens is 366 g/mol. The zero-order chi connectivity index (χ0) is 19.4. The summed E-state index contributed by atoms with van der Waals surface area (Å²) in [4.78, 5) is 12.5. The van der Waals surface area contributed by atoms with E-state index in [9.17, 15) is 13.2 Å². The van der Waals surface area contributed by atoms with E-state index in [1.54, 1.807) is 25.3 Å². The van der Waals surface area contributed by atoms with Crippen LogP contribution in [0.3, 0.4) is 0 Å². The normalized spacial score (nSPS) is 11.6. The van der Waals surface area contributed by atoms with Crippen LogP contribution in [0.1, 0.15) is 15.9 Å². The molecule has 1 aromatic heterocycles. The number of amides is 1. The predicted octanol–water partition coefficient (Wildman–Crippen LogP) is 1.87. The minimum absolute atomic E-state index is 0.0415. The molecule has 142 valence electrons. The van der Waals surface area contributed by atoms with E-state index in [1.165, 1.54) is 12.1 Å². The van der Waals surface area contributed by atoms with E-state index in [-0.39, 0.29) is 17.3 Å². The van der Waals surface area contributed by atoms with Gasteiger partial charge in [0, 0.05) is 37.5 Å². The van der Waals surface area contributed by atoms with Crippen molar-refractivity contribution in [1.29, 1.82) is 0 Å². The van der Waals surface area contributed by atoms with Gasteiger partial charge in [-0.15, -0.1) is 0 Å². The van der Waals surface area contributed by atoms with Gasteiger partial charge < -0.3 is 14.6 Å². The Hall–Kier alpha value is -2.68.